The third-order valence-electron chi connectivity index (χ3n) is 7.46. The van der Waals surface area contributed by atoms with E-state index >= 15 is 0 Å². The second-order valence-corrected chi connectivity index (χ2v) is 12.9. The van der Waals surface area contributed by atoms with Crippen molar-refractivity contribution < 1.29 is 22.7 Å². The number of rotatable bonds is 14. The zero-order chi connectivity index (χ0) is 32.4. The van der Waals surface area contributed by atoms with E-state index in [2.05, 4.69) is 5.32 Å². The van der Waals surface area contributed by atoms with E-state index in [1.807, 2.05) is 68.4 Å². The van der Waals surface area contributed by atoms with Gasteiger partial charge in [-0.05, 0) is 60.4 Å². The van der Waals surface area contributed by atoms with Gasteiger partial charge in [0.15, 0.2) is 0 Å². The highest BCUT2D eigenvalue weighted by atomic mass is 35.5. The Kier molecular flexibility index (Phi) is 11.6. The van der Waals surface area contributed by atoms with Gasteiger partial charge in [0.05, 0.1) is 22.7 Å². The summed E-state index contributed by atoms with van der Waals surface area (Å²) in [6.07, 6.45) is 0.963. The van der Waals surface area contributed by atoms with Crippen LogP contribution < -0.4 is 14.4 Å². The average Bonchev–Trinajstić information content (AvgIpc) is 3.05. The number of hydrogen-bond acceptors (Lipinski definition) is 5. The van der Waals surface area contributed by atoms with Gasteiger partial charge in [0.2, 0.25) is 11.8 Å². The van der Waals surface area contributed by atoms with Crippen LogP contribution in [0.5, 0.6) is 5.75 Å². The zero-order valence-electron chi connectivity index (χ0n) is 25.6. The molecule has 0 aromatic heterocycles. The third-order valence-corrected chi connectivity index (χ3v) is 9.54. The van der Waals surface area contributed by atoms with E-state index in [0.717, 1.165) is 27.4 Å². The quantitative estimate of drug-likeness (QED) is 0.181. The number of nitrogens with one attached hydrogen (secondary N) is 1. The number of benzene rings is 4. The molecule has 0 radical (unpaired) electrons. The fourth-order valence-corrected chi connectivity index (χ4v) is 6.63. The molecule has 10 heteroatoms. The van der Waals surface area contributed by atoms with Gasteiger partial charge >= 0.3 is 0 Å². The zero-order valence-corrected chi connectivity index (χ0v) is 27.2. The van der Waals surface area contributed by atoms with Crippen LogP contribution >= 0.6 is 11.6 Å². The number of nitrogens with zero attached hydrogens (tertiary/aromatic N) is 2. The molecule has 236 valence electrons. The topological polar surface area (TPSA) is 96.0 Å². The van der Waals surface area contributed by atoms with Crippen LogP contribution in [0.2, 0.25) is 5.02 Å². The van der Waals surface area contributed by atoms with Crippen molar-refractivity contribution >= 4 is 39.1 Å². The number of halogens is 1. The summed E-state index contributed by atoms with van der Waals surface area (Å²) >= 11 is 6.43. The number of carbonyl (C=O) groups excluding carboxylic acids is 2. The molecule has 2 amide bonds. The molecule has 0 fully saturated rings. The predicted molar refractivity (Wildman–Crippen MR) is 178 cm³/mol. The third kappa shape index (κ3) is 8.44. The van der Waals surface area contributed by atoms with Gasteiger partial charge in [-0.25, -0.2) is 8.42 Å². The van der Waals surface area contributed by atoms with Crippen molar-refractivity contribution in [3.8, 4) is 5.75 Å². The highest BCUT2D eigenvalue weighted by molar-refractivity contribution is 7.92. The van der Waals surface area contributed by atoms with Crippen LogP contribution in [0.3, 0.4) is 0 Å². The Morgan fingerprint density at radius 2 is 1.56 bits per heavy atom. The Morgan fingerprint density at radius 3 is 2.18 bits per heavy atom. The van der Waals surface area contributed by atoms with E-state index in [1.165, 1.54) is 30.2 Å². The molecule has 45 heavy (non-hydrogen) atoms. The van der Waals surface area contributed by atoms with Crippen LogP contribution in [-0.2, 0) is 32.6 Å². The summed E-state index contributed by atoms with van der Waals surface area (Å²) in [6.45, 7) is 3.86. The summed E-state index contributed by atoms with van der Waals surface area (Å²) in [4.78, 5) is 29.8. The summed E-state index contributed by atoms with van der Waals surface area (Å²) in [6, 6.07) is 28.6. The number of carbonyl (C=O) groups is 2. The molecule has 1 N–H and O–H groups in total. The Balaban J connectivity index is 1.82. The van der Waals surface area contributed by atoms with Gasteiger partial charge in [-0.1, -0.05) is 91.3 Å². The molecule has 0 unspecified atom stereocenters. The van der Waals surface area contributed by atoms with E-state index < -0.39 is 28.5 Å². The fourth-order valence-electron chi connectivity index (χ4n) is 4.95. The second kappa shape index (κ2) is 15.6. The lowest BCUT2D eigenvalue weighted by atomic mass is 10.0. The maximum Gasteiger partial charge on any atom is 0.264 e. The SMILES string of the molecule is CCCNC(=O)[C@@H](Cc1ccccc1)N(Cc1ccccc1C)C(=O)CN(c1ccc(OC)c(Cl)c1)S(=O)(=O)c1ccccc1. The van der Waals surface area contributed by atoms with Crippen LogP contribution in [0.25, 0.3) is 0 Å². The molecule has 0 aliphatic heterocycles. The number of amides is 2. The molecule has 0 aliphatic carbocycles. The monoisotopic (exact) mass is 647 g/mol. The Bertz CT molecular complexity index is 1700. The number of sulfonamides is 1. The Labute approximate surface area is 270 Å². The van der Waals surface area contributed by atoms with Crippen LogP contribution in [0.15, 0.2) is 108 Å². The number of anilines is 1. The van der Waals surface area contributed by atoms with Crippen molar-refractivity contribution in [3.05, 3.63) is 125 Å². The lowest BCUT2D eigenvalue weighted by Gasteiger charge is -2.34. The second-order valence-electron chi connectivity index (χ2n) is 10.6. The minimum atomic E-state index is -4.23. The molecular weight excluding hydrogens is 610 g/mol. The molecule has 0 heterocycles. The first-order valence-corrected chi connectivity index (χ1v) is 16.5. The predicted octanol–water partition coefficient (Wildman–Crippen LogP) is 6.02. The van der Waals surface area contributed by atoms with E-state index in [9.17, 15) is 18.0 Å². The summed E-state index contributed by atoms with van der Waals surface area (Å²) in [5, 5.41) is 3.14. The largest absolute Gasteiger partial charge is 0.495 e. The number of aryl methyl sites for hydroxylation is 1. The molecule has 0 spiro atoms. The van der Waals surface area contributed by atoms with Gasteiger partial charge in [-0.15, -0.1) is 0 Å². The molecule has 8 nitrogen and oxygen atoms in total. The Hall–Kier alpha value is -4.34. The standard InChI is InChI=1S/C35H38ClN3O5S/c1-4-21-37-35(41)32(22-27-14-7-5-8-15-27)38(24-28-16-12-11-13-26(28)2)34(40)25-39(29-19-20-33(44-3)31(36)23-29)45(42,43)30-17-9-6-10-18-30/h5-20,23,32H,4,21-22,24-25H2,1-3H3,(H,37,41)/t32-/m1/s1. The molecule has 1 atom stereocenters. The minimum absolute atomic E-state index is 0.0109. The van der Waals surface area contributed by atoms with E-state index in [0.29, 0.717) is 12.3 Å². The van der Waals surface area contributed by atoms with Gasteiger partial charge in [0, 0.05) is 19.5 Å². The van der Waals surface area contributed by atoms with Crippen LogP contribution in [0.4, 0.5) is 5.69 Å². The lowest BCUT2D eigenvalue weighted by Crippen LogP contribution is -2.53. The lowest BCUT2D eigenvalue weighted by molar-refractivity contribution is -0.140. The summed E-state index contributed by atoms with van der Waals surface area (Å²) in [7, 11) is -2.77. The van der Waals surface area contributed by atoms with Crippen LogP contribution in [-0.4, -0.2) is 51.4 Å². The summed E-state index contributed by atoms with van der Waals surface area (Å²) in [5.41, 5.74) is 2.84. The fraction of sp³-hybridized carbons (Fsp3) is 0.257. The van der Waals surface area contributed by atoms with Gasteiger partial charge in [0.25, 0.3) is 10.0 Å². The minimum Gasteiger partial charge on any atom is -0.495 e. The van der Waals surface area contributed by atoms with Gasteiger partial charge in [0.1, 0.15) is 18.3 Å². The summed E-state index contributed by atoms with van der Waals surface area (Å²) < 4.78 is 34.5. The molecule has 4 aromatic carbocycles. The molecule has 0 aliphatic rings. The molecule has 4 aromatic rings. The average molecular weight is 648 g/mol. The smallest absolute Gasteiger partial charge is 0.264 e. The van der Waals surface area contributed by atoms with Crippen LogP contribution in [0.1, 0.15) is 30.0 Å². The van der Waals surface area contributed by atoms with Gasteiger partial charge < -0.3 is 15.0 Å². The van der Waals surface area contributed by atoms with Crippen molar-refractivity contribution in [2.45, 2.75) is 44.2 Å². The van der Waals surface area contributed by atoms with Crippen molar-refractivity contribution in [1.82, 2.24) is 10.2 Å². The molecular formula is C35H38ClN3O5S. The molecule has 0 saturated carbocycles. The van der Waals surface area contributed by atoms with Gasteiger partial charge in [-0.2, -0.15) is 0 Å². The normalized spacial score (nSPS) is 11.8. The first kappa shape index (κ1) is 33.6. The molecule has 4 rings (SSSR count). The highest BCUT2D eigenvalue weighted by Gasteiger charge is 2.35. The maximum absolute atomic E-state index is 14.5. The molecule has 0 bridgehead atoms. The number of hydrogen-bond donors (Lipinski definition) is 1. The number of ether oxygens (including phenoxy) is 1. The first-order chi connectivity index (χ1) is 21.6. The first-order valence-electron chi connectivity index (χ1n) is 14.7. The van der Waals surface area contributed by atoms with Crippen molar-refractivity contribution in [2.24, 2.45) is 0 Å². The Morgan fingerprint density at radius 1 is 0.911 bits per heavy atom. The van der Waals surface area contributed by atoms with E-state index in [-0.39, 0.29) is 34.5 Å². The van der Waals surface area contributed by atoms with Gasteiger partial charge in [-0.3, -0.25) is 13.9 Å². The van der Waals surface area contributed by atoms with Crippen LogP contribution in [0, 0.1) is 6.92 Å². The van der Waals surface area contributed by atoms with Crippen molar-refractivity contribution in [2.75, 3.05) is 24.5 Å². The van der Waals surface area contributed by atoms with E-state index in [4.69, 9.17) is 16.3 Å². The number of methoxy groups -OCH3 is 1. The van der Waals surface area contributed by atoms with E-state index in [1.54, 1.807) is 30.3 Å². The van der Waals surface area contributed by atoms with Crippen molar-refractivity contribution in [1.29, 1.82) is 0 Å². The van der Waals surface area contributed by atoms with Crippen molar-refractivity contribution in [3.63, 3.8) is 0 Å². The highest BCUT2D eigenvalue weighted by Crippen LogP contribution is 2.32. The maximum atomic E-state index is 14.5. The molecule has 0 saturated heterocycles. The summed E-state index contributed by atoms with van der Waals surface area (Å²) in [5.74, 6) is -0.495.